The van der Waals surface area contributed by atoms with Gasteiger partial charge in [0, 0.05) is 32.7 Å². The van der Waals surface area contributed by atoms with E-state index in [4.69, 9.17) is 8.83 Å². The molecule has 1 aliphatic heterocycles. The number of amides is 1. The third kappa shape index (κ3) is 5.62. The van der Waals surface area contributed by atoms with E-state index in [1.807, 2.05) is 29.2 Å². The van der Waals surface area contributed by atoms with Gasteiger partial charge in [-0.2, -0.15) is 0 Å². The third-order valence-electron chi connectivity index (χ3n) is 5.49. The Morgan fingerprint density at radius 2 is 1.60 bits per heavy atom. The van der Waals surface area contributed by atoms with Gasteiger partial charge in [-0.3, -0.25) is 14.6 Å². The second-order valence-corrected chi connectivity index (χ2v) is 7.95. The van der Waals surface area contributed by atoms with Gasteiger partial charge in [0.2, 0.25) is 5.91 Å². The molecule has 6 heteroatoms. The average Bonchev–Trinajstić information content (AvgIpc) is 3.43. The molecule has 0 unspecified atom stereocenters. The number of aryl methyl sites for hydroxylation is 1. The second kappa shape index (κ2) is 9.78. The predicted octanol–water partition coefficient (Wildman–Crippen LogP) is 3.53. The maximum atomic E-state index is 13.0. The lowest BCUT2D eigenvalue weighted by molar-refractivity contribution is -0.134. The van der Waals surface area contributed by atoms with Gasteiger partial charge in [0.15, 0.2) is 0 Å². The molecule has 0 aliphatic carbocycles. The van der Waals surface area contributed by atoms with E-state index in [1.54, 1.807) is 12.5 Å². The molecule has 6 nitrogen and oxygen atoms in total. The molecule has 1 fully saturated rings. The van der Waals surface area contributed by atoms with E-state index in [0.717, 1.165) is 44.2 Å². The van der Waals surface area contributed by atoms with E-state index in [2.05, 4.69) is 41.0 Å². The van der Waals surface area contributed by atoms with Crippen molar-refractivity contribution < 1.29 is 13.6 Å². The van der Waals surface area contributed by atoms with Crippen LogP contribution in [0.4, 0.5) is 0 Å². The zero-order valence-electron chi connectivity index (χ0n) is 17.5. The van der Waals surface area contributed by atoms with Crippen molar-refractivity contribution in [2.75, 3.05) is 32.7 Å². The molecule has 3 heterocycles. The lowest BCUT2D eigenvalue weighted by atomic mass is 10.1. The maximum Gasteiger partial charge on any atom is 0.236 e. The molecule has 30 heavy (non-hydrogen) atoms. The Labute approximate surface area is 177 Å². The monoisotopic (exact) mass is 407 g/mol. The summed E-state index contributed by atoms with van der Waals surface area (Å²) in [5, 5.41) is 0. The molecule has 158 valence electrons. The highest BCUT2D eigenvalue weighted by Gasteiger charge is 2.23. The highest BCUT2D eigenvalue weighted by Crippen LogP contribution is 2.14. The summed E-state index contributed by atoms with van der Waals surface area (Å²) in [4.78, 5) is 19.4. The van der Waals surface area contributed by atoms with Crippen LogP contribution in [0.25, 0.3) is 0 Å². The summed E-state index contributed by atoms with van der Waals surface area (Å²) in [5.41, 5.74) is 2.62. The van der Waals surface area contributed by atoms with Crippen LogP contribution in [0.5, 0.6) is 0 Å². The van der Waals surface area contributed by atoms with Gasteiger partial charge in [0.25, 0.3) is 0 Å². The van der Waals surface area contributed by atoms with Crippen LogP contribution in [-0.2, 0) is 24.4 Å². The molecular weight excluding hydrogens is 378 g/mol. The summed E-state index contributed by atoms with van der Waals surface area (Å²) in [6.07, 6.45) is 3.32. The Morgan fingerprint density at radius 1 is 0.933 bits per heavy atom. The number of hydrogen-bond donors (Lipinski definition) is 0. The van der Waals surface area contributed by atoms with Crippen molar-refractivity contribution in [1.82, 2.24) is 14.7 Å². The van der Waals surface area contributed by atoms with E-state index >= 15 is 0 Å². The summed E-state index contributed by atoms with van der Waals surface area (Å²) in [6.45, 7) is 7.88. The van der Waals surface area contributed by atoms with Gasteiger partial charge in [-0.25, -0.2) is 0 Å². The van der Waals surface area contributed by atoms with Crippen LogP contribution in [0.3, 0.4) is 0 Å². The largest absolute Gasteiger partial charge is 0.468 e. The molecule has 0 N–H and O–H groups in total. The molecule has 2 aromatic heterocycles. The van der Waals surface area contributed by atoms with Gasteiger partial charge >= 0.3 is 0 Å². The molecule has 0 atom stereocenters. The first-order valence-corrected chi connectivity index (χ1v) is 10.5. The summed E-state index contributed by atoms with van der Waals surface area (Å²) >= 11 is 0. The molecule has 0 bridgehead atoms. The first-order chi connectivity index (χ1) is 14.7. The minimum atomic E-state index is 0.156. The normalized spacial score (nSPS) is 15.1. The van der Waals surface area contributed by atoms with Gasteiger partial charge in [-0.15, -0.1) is 0 Å². The standard InChI is InChI=1S/C24H29N3O3/c1-20-5-2-6-21(15-20)16-25-9-11-27(12-10-25)24(28)19-26(17-22-7-3-13-29-22)18-23-8-4-14-30-23/h2-8,13-15H,9-12,16-19H2,1H3. The maximum absolute atomic E-state index is 13.0. The Morgan fingerprint density at radius 3 is 2.17 bits per heavy atom. The Bertz CT molecular complexity index is 877. The molecule has 0 spiro atoms. The Kier molecular flexibility index (Phi) is 6.67. The topological polar surface area (TPSA) is 53.1 Å². The zero-order chi connectivity index (χ0) is 20.8. The minimum absolute atomic E-state index is 0.156. The van der Waals surface area contributed by atoms with Gasteiger partial charge in [-0.05, 0) is 36.8 Å². The van der Waals surface area contributed by atoms with Crippen molar-refractivity contribution in [2.45, 2.75) is 26.6 Å². The van der Waals surface area contributed by atoms with Gasteiger partial charge in [-0.1, -0.05) is 29.8 Å². The quantitative estimate of drug-likeness (QED) is 0.572. The van der Waals surface area contributed by atoms with Crippen LogP contribution in [0.15, 0.2) is 69.9 Å². The summed E-state index contributed by atoms with van der Waals surface area (Å²) in [7, 11) is 0. The SMILES string of the molecule is Cc1cccc(CN2CCN(C(=O)CN(Cc3ccco3)Cc3ccco3)CC2)c1. The number of hydrogen-bond acceptors (Lipinski definition) is 5. The van der Waals surface area contributed by atoms with E-state index in [9.17, 15) is 4.79 Å². The highest BCUT2D eigenvalue weighted by atomic mass is 16.3. The first kappa shape index (κ1) is 20.4. The highest BCUT2D eigenvalue weighted by molar-refractivity contribution is 5.78. The van der Waals surface area contributed by atoms with Gasteiger partial charge < -0.3 is 13.7 Å². The Hall–Kier alpha value is -2.83. The van der Waals surface area contributed by atoms with Crippen molar-refractivity contribution in [3.05, 3.63) is 83.7 Å². The van der Waals surface area contributed by atoms with E-state index in [-0.39, 0.29) is 5.91 Å². The number of rotatable bonds is 8. The van der Waals surface area contributed by atoms with Crippen LogP contribution in [-0.4, -0.2) is 53.3 Å². The van der Waals surface area contributed by atoms with Crippen LogP contribution in [0.2, 0.25) is 0 Å². The number of carbonyl (C=O) groups excluding carboxylic acids is 1. The zero-order valence-corrected chi connectivity index (χ0v) is 17.5. The number of nitrogens with zero attached hydrogens (tertiary/aromatic N) is 3. The summed E-state index contributed by atoms with van der Waals surface area (Å²) < 4.78 is 11.0. The predicted molar refractivity (Wildman–Crippen MR) is 115 cm³/mol. The van der Waals surface area contributed by atoms with E-state index in [0.29, 0.717) is 19.6 Å². The van der Waals surface area contributed by atoms with Crippen LogP contribution in [0.1, 0.15) is 22.6 Å². The average molecular weight is 408 g/mol. The Balaban J connectivity index is 1.30. The molecule has 4 rings (SSSR count). The molecular formula is C24H29N3O3. The van der Waals surface area contributed by atoms with Crippen molar-refractivity contribution >= 4 is 5.91 Å². The fraction of sp³-hybridized carbons (Fsp3) is 0.375. The molecule has 3 aromatic rings. The smallest absolute Gasteiger partial charge is 0.236 e. The van der Waals surface area contributed by atoms with Gasteiger partial charge in [0.05, 0.1) is 32.2 Å². The van der Waals surface area contributed by atoms with Crippen LogP contribution >= 0.6 is 0 Å². The molecule has 0 saturated carbocycles. The fourth-order valence-corrected chi connectivity index (χ4v) is 3.93. The van der Waals surface area contributed by atoms with E-state index in [1.165, 1.54) is 11.1 Å². The first-order valence-electron chi connectivity index (χ1n) is 10.5. The minimum Gasteiger partial charge on any atom is -0.468 e. The van der Waals surface area contributed by atoms with E-state index < -0.39 is 0 Å². The number of benzene rings is 1. The summed E-state index contributed by atoms with van der Waals surface area (Å²) in [5.74, 6) is 1.85. The van der Waals surface area contributed by atoms with Crippen molar-refractivity contribution in [3.8, 4) is 0 Å². The van der Waals surface area contributed by atoms with Crippen LogP contribution in [0, 0.1) is 6.92 Å². The van der Waals surface area contributed by atoms with Crippen LogP contribution < -0.4 is 0 Å². The number of furan rings is 2. The molecule has 1 aliphatic rings. The number of carbonyl (C=O) groups is 1. The lowest BCUT2D eigenvalue weighted by Gasteiger charge is -2.35. The van der Waals surface area contributed by atoms with Crippen molar-refractivity contribution in [3.63, 3.8) is 0 Å². The molecule has 1 aromatic carbocycles. The fourth-order valence-electron chi connectivity index (χ4n) is 3.93. The second-order valence-electron chi connectivity index (χ2n) is 7.95. The lowest BCUT2D eigenvalue weighted by Crippen LogP contribution is -2.50. The van der Waals surface area contributed by atoms with Crippen molar-refractivity contribution in [1.29, 1.82) is 0 Å². The molecule has 1 saturated heterocycles. The molecule has 0 radical (unpaired) electrons. The number of piperazine rings is 1. The van der Waals surface area contributed by atoms with Crippen molar-refractivity contribution in [2.24, 2.45) is 0 Å². The summed E-state index contributed by atoms with van der Waals surface area (Å²) in [6, 6.07) is 16.2. The third-order valence-corrected chi connectivity index (χ3v) is 5.49. The molecule has 1 amide bonds. The van der Waals surface area contributed by atoms with Gasteiger partial charge in [0.1, 0.15) is 11.5 Å².